The first-order chi connectivity index (χ1) is 9.60. The van der Waals surface area contributed by atoms with E-state index >= 15 is 0 Å². The average Bonchev–Trinajstić information content (AvgIpc) is 2.44. The number of hydrogen-bond donors (Lipinski definition) is 1. The molecule has 0 aliphatic carbocycles. The maximum absolute atomic E-state index is 4.69. The van der Waals surface area contributed by atoms with Crippen molar-refractivity contribution >= 4 is 5.82 Å². The molecule has 2 rings (SSSR count). The maximum atomic E-state index is 4.69. The molecular formula is C17H29N3. The Morgan fingerprint density at radius 1 is 1.30 bits per heavy atom. The summed E-state index contributed by atoms with van der Waals surface area (Å²) in [5.41, 5.74) is 1.28. The number of pyridine rings is 1. The zero-order chi connectivity index (χ0) is 14.5. The van der Waals surface area contributed by atoms with Crippen LogP contribution in [0.1, 0.15) is 52.1 Å². The highest BCUT2D eigenvalue weighted by Crippen LogP contribution is 2.25. The standard InChI is InChI=1S/C17H29N3/c1-5-8-18-15(4)16-6-7-17(19-10-16)20-11-13(2)9-14(3)12-20/h6-7,10,13-15,18H,5,8-9,11-12H2,1-4H3. The second-order valence-corrected chi connectivity index (χ2v) is 6.48. The molecule has 0 spiro atoms. The lowest BCUT2D eigenvalue weighted by molar-refractivity contribution is 0.355. The van der Waals surface area contributed by atoms with Crippen LogP contribution in [-0.4, -0.2) is 24.6 Å². The summed E-state index contributed by atoms with van der Waals surface area (Å²) in [7, 11) is 0. The van der Waals surface area contributed by atoms with E-state index in [2.05, 4.69) is 55.0 Å². The molecule has 0 bridgehead atoms. The molecule has 2 heterocycles. The molecule has 112 valence electrons. The van der Waals surface area contributed by atoms with Crippen LogP contribution in [0, 0.1) is 11.8 Å². The van der Waals surface area contributed by atoms with Gasteiger partial charge in [0.2, 0.25) is 0 Å². The smallest absolute Gasteiger partial charge is 0.128 e. The van der Waals surface area contributed by atoms with Crippen molar-refractivity contribution in [2.75, 3.05) is 24.5 Å². The quantitative estimate of drug-likeness (QED) is 0.889. The lowest BCUT2D eigenvalue weighted by atomic mass is 9.92. The summed E-state index contributed by atoms with van der Waals surface area (Å²) in [4.78, 5) is 7.12. The molecule has 0 amide bonds. The van der Waals surface area contributed by atoms with Crippen molar-refractivity contribution in [3.05, 3.63) is 23.9 Å². The number of anilines is 1. The lowest BCUT2D eigenvalue weighted by Gasteiger charge is -2.35. The summed E-state index contributed by atoms with van der Waals surface area (Å²) < 4.78 is 0. The topological polar surface area (TPSA) is 28.2 Å². The van der Waals surface area contributed by atoms with E-state index in [0.29, 0.717) is 6.04 Å². The Labute approximate surface area is 123 Å². The van der Waals surface area contributed by atoms with Crippen molar-refractivity contribution in [3.8, 4) is 0 Å². The number of nitrogens with one attached hydrogen (secondary N) is 1. The van der Waals surface area contributed by atoms with Gasteiger partial charge >= 0.3 is 0 Å². The Hall–Kier alpha value is -1.09. The largest absolute Gasteiger partial charge is 0.356 e. The van der Waals surface area contributed by atoms with E-state index in [1.54, 1.807) is 0 Å². The molecule has 0 saturated carbocycles. The van der Waals surface area contributed by atoms with Crippen molar-refractivity contribution in [3.63, 3.8) is 0 Å². The molecular weight excluding hydrogens is 246 g/mol. The fraction of sp³-hybridized carbons (Fsp3) is 0.706. The van der Waals surface area contributed by atoms with Gasteiger partial charge < -0.3 is 10.2 Å². The van der Waals surface area contributed by atoms with Gasteiger partial charge in [0, 0.05) is 25.3 Å². The number of nitrogens with zero attached hydrogens (tertiary/aromatic N) is 2. The minimum Gasteiger partial charge on any atom is -0.356 e. The summed E-state index contributed by atoms with van der Waals surface area (Å²) in [6.45, 7) is 12.4. The molecule has 1 aromatic rings. The molecule has 1 aliphatic heterocycles. The van der Waals surface area contributed by atoms with E-state index in [4.69, 9.17) is 0 Å². The number of rotatable bonds is 5. The Morgan fingerprint density at radius 2 is 2.00 bits per heavy atom. The highest BCUT2D eigenvalue weighted by molar-refractivity contribution is 5.40. The summed E-state index contributed by atoms with van der Waals surface area (Å²) in [5, 5.41) is 3.51. The maximum Gasteiger partial charge on any atom is 0.128 e. The van der Waals surface area contributed by atoms with Crippen LogP contribution in [0.25, 0.3) is 0 Å². The van der Waals surface area contributed by atoms with Gasteiger partial charge in [-0.1, -0.05) is 26.8 Å². The third kappa shape index (κ3) is 3.95. The van der Waals surface area contributed by atoms with Gasteiger partial charge in [-0.3, -0.25) is 0 Å². The summed E-state index contributed by atoms with van der Waals surface area (Å²) in [6.07, 6.45) is 4.54. The van der Waals surface area contributed by atoms with Gasteiger partial charge in [-0.05, 0) is 49.8 Å². The molecule has 1 aliphatic rings. The van der Waals surface area contributed by atoms with Crippen LogP contribution in [0.5, 0.6) is 0 Å². The Balaban J connectivity index is 2.00. The zero-order valence-corrected chi connectivity index (χ0v) is 13.4. The van der Waals surface area contributed by atoms with Crippen LogP contribution >= 0.6 is 0 Å². The van der Waals surface area contributed by atoms with E-state index in [1.807, 2.05) is 6.20 Å². The van der Waals surface area contributed by atoms with E-state index in [9.17, 15) is 0 Å². The number of aromatic nitrogens is 1. The minimum atomic E-state index is 0.385. The van der Waals surface area contributed by atoms with Crippen LogP contribution in [-0.2, 0) is 0 Å². The predicted molar refractivity (Wildman–Crippen MR) is 86.1 cm³/mol. The molecule has 0 aromatic carbocycles. The highest BCUT2D eigenvalue weighted by Gasteiger charge is 2.22. The lowest BCUT2D eigenvalue weighted by Crippen LogP contribution is -2.39. The fourth-order valence-electron chi connectivity index (χ4n) is 3.17. The third-order valence-corrected chi connectivity index (χ3v) is 4.16. The molecule has 1 fully saturated rings. The summed E-state index contributed by atoms with van der Waals surface area (Å²) >= 11 is 0. The average molecular weight is 275 g/mol. The third-order valence-electron chi connectivity index (χ3n) is 4.16. The van der Waals surface area contributed by atoms with Crippen molar-refractivity contribution < 1.29 is 0 Å². The number of hydrogen-bond acceptors (Lipinski definition) is 3. The first kappa shape index (κ1) is 15.3. The monoisotopic (exact) mass is 275 g/mol. The summed E-state index contributed by atoms with van der Waals surface area (Å²) in [5.74, 6) is 2.67. The van der Waals surface area contributed by atoms with Crippen LogP contribution in [0.2, 0.25) is 0 Å². The minimum absolute atomic E-state index is 0.385. The first-order valence-electron chi connectivity index (χ1n) is 8.04. The zero-order valence-electron chi connectivity index (χ0n) is 13.4. The van der Waals surface area contributed by atoms with Gasteiger partial charge in [0.05, 0.1) is 0 Å². The van der Waals surface area contributed by atoms with E-state index < -0.39 is 0 Å². The number of piperidine rings is 1. The van der Waals surface area contributed by atoms with Crippen molar-refractivity contribution in [2.45, 2.75) is 46.6 Å². The van der Waals surface area contributed by atoms with Crippen LogP contribution in [0.15, 0.2) is 18.3 Å². The Kier molecular flexibility index (Phi) is 5.41. The normalized spacial score (nSPS) is 24.7. The van der Waals surface area contributed by atoms with E-state index in [-0.39, 0.29) is 0 Å². The van der Waals surface area contributed by atoms with Crippen LogP contribution < -0.4 is 10.2 Å². The van der Waals surface area contributed by atoms with Crippen LogP contribution in [0.4, 0.5) is 5.82 Å². The van der Waals surface area contributed by atoms with Crippen molar-refractivity contribution in [1.82, 2.24) is 10.3 Å². The molecule has 1 saturated heterocycles. The molecule has 1 N–H and O–H groups in total. The second-order valence-electron chi connectivity index (χ2n) is 6.48. The first-order valence-corrected chi connectivity index (χ1v) is 8.04. The van der Waals surface area contributed by atoms with Gasteiger partial charge in [-0.15, -0.1) is 0 Å². The van der Waals surface area contributed by atoms with E-state index in [1.165, 1.54) is 18.4 Å². The predicted octanol–water partition coefficient (Wildman–Crippen LogP) is 3.62. The second kappa shape index (κ2) is 7.07. The van der Waals surface area contributed by atoms with Crippen molar-refractivity contribution in [1.29, 1.82) is 0 Å². The van der Waals surface area contributed by atoms with Gasteiger partial charge in [0.25, 0.3) is 0 Å². The molecule has 3 heteroatoms. The van der Waals surface area contributed by atoms with Gasteiger partial charge in [0.15, 0.2) is 0 Å². The molecule has 3 atom stereocenters. The fourth-order valence-corrected chi connectivity index (χ4v) is 3.17. The highest BCUT2D eigenvalue weighted by atomic mass is 15.2. The SMILES string of the molecule is CCCNC(C)c1ccc(N2CC(C)CC(C)C2)nc1. The molecule has 3 unspecified atom stereocenters. The van der Waals surface area contributed by atoms with Gasteiger partial charge in [0.1, 0.15) is 5.82 Å². The molecule has 20 heavy (non-hydrogen) atoms. The van der Waals surface area contributed by atoms with Gasteiger partial charge in [-0.2, -0.15) is 0 Å². The molecule has 1 aromatic heterocycles. The summed E-state index contributed by atoms with van der Waals surface area (Å²) in [6, 6.07) is 4.79. The Morgan fingerprint density at radius 3 is 2.55 bits per heavy atom. The van der Waals surface area contributed by atoms with Crippen LogP contribution in [0.3, 0.4) is 0 Å². The van der Waals surface area contributed by atoms with Crippen molar-refractivity contribution in [2.24, 2.45) is 11.8 Å². The molecule has 3 nitrogen and oxygen atoms in total. The molecule has 0 radical (unpaired) electrons. The van der Waals surface area contributed by atoms with E-state index in [0.717, 1.165) is 37.3 Å². The Bertz CT molecular complexity index is 391. The van der Waals surface area contributed by atoms with Gasteiger partial charge in [-0.25, -0.2) is 4.98 Å².